The summed E-state index contributed by atoms with van der Waals surface area (Å²) < 4.78 is 2.78. The third-order valence-electron chi connectivity index (χ3n) is 4.83. The third-order valence-corrected chi connectivity index (χ3v) is 5.40. The Hall–Kier alpha value is -2.47. The topological polar surface area (TPSA) is 51.0 Å². The fourth-order valence-electron chi connectivity index (χ4n) is 3.59. The quantitative estimate of drug-likeness (QED) is 0.607. The molecule has 1 aliphatic heterocycles. The number of rotatable bonds is 3. The van der Waals surface area contributed by atoms with Crippen LogP contribution in [0.5, 0.6) is 0 Å². The molecule has 0 saturated heterocycles. The molecule has 0 radical (unpaired) electrons. The van der Waals surface area contributed by atoms with Gasteiger partial charge in [-0.05, 0) is 84.6 Å². The van der Waals surface area contributed by atoms with E-state index in [4.69, 9.17) is 5.10 Å². The van der Waals surface area contributed by atoms with E-state index in [0.29, 0.717) is 6.42 Å². The molecule has 0 bridgehead atoms. The van der Waals surface area contributed by atoms with Gasteiger partial charge in [-0.15, -0.1) is 0 Å². The number of nitrogens with zero attached hydrogens (tertiary/aromatic N) is 4. The van der Waals surface area contributed by atoms with Crippen LogP contribution in [0.1, 0.15) is 32.3 Å². The van der Waals surface area contributed by atoms with Gasteiger partial charge in [0, 0.05) is 36.1 Å². The van der Waals surface area contributed by atoms with Gasteiger partial charge in [0.25, 0.3) is 0 Å². The highest BCUT2D eigenvalue weighted by atomic mass is 79.9. The van der Waals surface area contributed by atoms with Gasteiger partial charge in [-0.25, -0.2) is 4.68 Å². The minimum absolute atomic E-state index is 0.148. The van der Waals surface area contributed by atoms with Crippen LogP contribution in [0, 0.1) is 0 Å². The van der Waals surface area contributed by atoms with Gasteiger partial charge in [0.1, 0.15) is 4.60 Å². The van der Waals surface area contributed by atoms with Crippen molar-refractivity contribution in [3.8, 4) is 16.9 Å². The van der Waals surface area contributed by atoms with Crippen molar-refractivity contribution in [3.63, 3.8) is 0 Å². The van der Waals surface area contributed by atoms with Crippen LogP contribution in [-0.4, -0.2) is 26.7 Å². The number of carbonyl (C=O) groups is 1. The molecular formula is C21H21BrN4O. The van der Waals surface area contributed by atoms with Gasteiger partial charge in [0.15, 0.2) is 0 Å². The number of hydrogen-bond donors (Lipinski definition) is 0. The first-order chi connectivity index (χ1) is 13.0. The average Bonchev–Trinajstić information content (AvgIpc) is 2.96. The van der Waals surface area contributed by atoms with E-state index in [1.807, 2.05) is 39.9 Å². The van der Waals surface area contributed by atoms with E-state index in [1.165, 1.54) is 5.56 Å². The van der Waals surface area contributed by atoms with Gasteiger partial charge in [-0.1, -0.05) is 0 Å². The van der Waals surface area contributed by atoms with Crippen LogP contribution >= 0.6 is 15.9 Å². The molecule has 0 saturated carbocycles. The van der Waals surface area contributed by atoms with E-state index in [0.717, 1.165) is 40.1 Å². The summed E-state index contributed by atoms with van der Waals surface area (Å²) in [5.41, 5.74) is 5.11. The fraction of sp³-hybridized carbons (Fsp3) is 0.286. The number of carbonyl (C=O) groups excluding carboxylic acids is 1. The normalized spacial score (nSPS) is 14.4. The average molecular weight is 425 g/mol. The molecule has 4 rings (SSSR count). The maximum absolute atomic E-state index is 12.5. The minimum Gasteiger partial charge on any atom is -0.310 e. The molecule has 2 aromatic heterocycles. The molecule has 1 amide bonds. The molecule has 27 heavy (non-hydrogen) atoms. The van der Waals surface area contributed by atoms with Gasteiger partial charge >= 0.3 is 0 Å². The monoisotopic (exact) mass is 424 g/mol. The van der Waals surface area contributed by atoms with E-state index in [9.17, 15) is 4.79 Å². The zero-order valence-electron chi connectivity index (χ0n) is 15.4. The number of amides is 1. The minimum atomic E-state index is 0.148. The zero-order chi connectivity index (χ0) is 19.0. The lowest BCUT2D eigenvalue weighted by Crippen LogP contribution is -2.36. The van der Waals surface area contributed by atoms with Crippen LogP contribution in [0.15, 0.2) is 53.4 Å². The second-order valence-corrected chi connectivity index (χ2v) is 7.84. The van der Waals surface area contributed by atoms with Crippen LogP contribution in [0.2, 0.25) is 0 Å². The number of halogens is 1. The molecule has 5 nitrogen and oxygen atoms in total. The predicted octanol–water partition coefficient (Wildman–Crippen LogP) is 4.77. The second kappa shape index (κ2) is 7.27. The highest BCUT2D eigenvalue weighted by molar-refractivity contribution is 9.10. The molecule has 6 heteroatoms. The first kappa shape index (κ1) is 17.9. The third kappa shape index (κ3) is 3.41. The number of fused-ring (bicyclic) bond motifs is 1. The van der Waals surface area contributed by atoms with E-state index in [-0.39, 0.29) is 11.9 Å². The van der Waals surface area contributed by atoms with Crippen LogP contribution in [0.25, 0.3) is 16.9 Å². The molecule has 0 fully saturated rings. The van der Waals surface area contributed by atoms with Crippen molar-refractivity contribution in [2.24, 2.45) is 0 Å². The Balaban J connectivity index is 1.75. The highest BCUT2D eigenvalue weighted by Gasteiger charge is 2.25. The zero-order valence-corrected chi connectivity index (χ0v) is 17.0. The summed E-state index contributed by atoms with van der Waals surface area (Å²) in [6.07, 6.45) is 5.90. The van der Waals surface area contributed by atoms with Crippen molar-refractivity contribution in [1.29, 1.82) is 0 Å². The van der Waals surface area contributed by atoms with Crippen molar-refractivity contribution < 1.29 is 4.79 Å². The lowest BCUT2D eigenvalue weighted by atomic mass is 10.1. The SMILES string of the molecule is CC(C)N1C(=O)CCCc2cc(-n3nc(-c4ccncc4)cc3Br)ccc21. The Morgan fingerprint density at radius 2 is 1.85 bits per heavy atom. The largest absolute Gasteiger partial charge is 0.310 e. The van der Waals surface area contributed by atoms with Gasteiger partial charge < -0.3 is 4.90 Å². The van der Waals surface area contributed by atoms with Gasteiger partial charge in [-0.3, -0.25) is 9.78 Å². The molecule has 0 spiro atoms. The molecule has 0 atom stereocenters. The molecule has 0 aliphatic carbocycles. The maximum atomic E-state index is 12.5. The van der Waals surface area contributed by atoms with E-state index in [2.05, 4.69) is 40.8 Å². The first-order valence-corrected chi connectivity index (χ1v) is 9.95. The summed E-state index contributed by atoms with van der Waals surface area (Å²) in [5.74, 6) is 0.205. The summed E-state index contributed by atoms with van der Waals surface area (Å²) in [6, 6.07) is 12.3. The Morgan fingerprint density at radius 1 is 1.07 bits per heavy atom. The van der Waals surface area contributed by atoms with Crippen LogP contribution in [0.4, 0.5) is 5.69 Å². The summed E-state index contributed by atoms with van der Waals surface area (Å²) in [6.45, 7) is 4.12. The van der Waals surface area contributed by atoms with E-state index < -0.39 is 0 Å². The molecule has 0 N–H and O–H groups in total. The summed E-state index contributed by atoms with van der Waals surface area (Å²) >= 11 is 3.63. The van der Waals surface area contributed by atoms with Crippen molar-refractivity contribution in [1.82, 2.24) is 14.8 Å². The van der Waals surface area contributed by atoms with Crippen LogP contribution in [-0.2, 0) is 11.2 Å². The van der Waals surface area contributed by atoms with E-state index in [1.54, 1.807) is 12.4 Å². The van der Waals surface area contributed by atoms with Crippen molar-refractivity contribution >= 4 is 27.5 Å². The lowest BCUT2D eigenvalue weighted by Gasteiger charge is -2.27. The van der Waals surface area contributed by atoms with Crippen LogP contribution < -0.4 is 4.90 Å². The van der Waals surface area contributed by atoms with Gasteiger partial charge in [0.05, 0.1) is 11.4 Å². The first-order valence-electron chi connectivity index (χ1n) is 9.16. The fourth-order valence-corrected chi connectivity index (χ4v) is 4.09. The highest BCUT2D eigenvalue weighted by Crippen LogP contribution is 2.32. The Kier molecular flexibility index (Phi) is 4.83. The number of aryl methyl sites for hydroxylation is 1. The number of anilines is 1. The molecule has 3 heterocycles. The Labute approximate surface area is 167 Å². The molecule has 138 valence electrons. The smallest absolute Gasteiger partial charge is 0.227 e. The van der Waals surface area contributed by atoms with Crippen molar-refractivity contribution in [2.75, 3.05) is 4.90 Å². The number of aromatic nitrogens is 3. The van der Waals surface area contributed by atoms with Crippen molar-refractivity contribution in [2.45, 2.75) is 39.2 Å². The molecule has 3 aromatic rings. The van der Waals surface area contributed by atoms with Crippen LogP contribution in [0.3, 0.4) is 0 Å². The summed E-state index contributed by atoms with van der Waals surface area (Å²) in [7, 11) is 0. The van der Waals surface area contributed by atoms with E-state index >= 15 is 0 Å². The number of benzene rings is 1. The Morgan fingerprint density at radius 3 is 2.59 bits per heavy atom. The molecule has 1 aliphatic rings. The molecule has 1 aromatic carbocycles. The second-order valence-electron chi connectivity index (χ2n) is 7.02. The molecular weight excluding hydrogens is 404 g/mol. The summed E-state index contributed by atoms with van der Waals surface area (Å²) in [5, 5.41) is 4.75. The predicted molar refractivity (Wildman–Crippen MR) is 110 cm³/mol. The number of hydrogen-bond acceptors (Lipinski definition) is 3. The van der Waals surface area contributed by atoms with Gasteiger partial charge in [0.2, 0.25) is 5.91 Å². The Bertz CT molecular complexity index is 981. The standard InChI is InChI=1S/C21H21BrN4O/c1-14(2)25-19-7-6-17(12-16(19)4-3-5-21(25)27)26-20(22)13-18(24-26)15-8-10-23-11-9-15/h6-14H,3-5H2,1-2H3. The number of pyridine rings is 1. The molecule has 0 unspecified atom stereocenters. The summed E-state index contributed by atoms with van der Waals surface area (Å²) in [4.78, 5) is 18.5. The maximum Gasteiger partial charge on any atom is 0.227 e. The lowest BCUT2D eigenvalue weighted by molar-refractivity contribution is -0.118. The van der Waals surface area contributed by atoms with Gasteiger partial charge in [-0.2, -0.15) is 5.10 Å². The van der Waals surface area contributed by atoms with Crippen molar-refractivity contribution in [3.05, 3.63) is 59.0 Å².